The van der Waals surface area contributed by atoms with Crippen LogP contribution < -0.4 is 0 Å². The summed E-state index contributed by atoms with van der Waals surface area (Å²) >= 11 is 6.32. The maximum absolute atomic E-state index is 13.2. The molecule has 1 saturated heterocycles. The van der Waals surface area contributed by atoms with E-state index in [-0.39, 0.29) is 5.91 Å². The second-order valence-electron chi connectivity index (χ2n) is 7.29. The van der Waals surface area contributed by atoms with Crippen molar-refractivity contribution in [3.63, 3.8) is 0 Å². The molecule has 4 rings (SSSR count). The molecule has 25 heavy (non-hydrogen) atoms. The highest BCUT2D eigenvalue weighted by molar-refractivity contribution is 6.33. The number of amides is 1. The van der Waals surface area contributed by atoms with Crippen molar-refractivity contribution in [3.05, 3.63) is 40.6 Å². The number of aromatic nitrogens is 1. The van der Waals surface area contributed by atoms with Gasteiger partial charge in [-0.1, -0.05) is 54.2 Å². The van der Waals surface area contributed by atoms with Gasteiger partial charge < -0.3 is 9.42 Å². The number of nitrogens with zero attached hydrogens (tertiary/aromatic N) is 2. The Balaban J connectivity index is 1.63. The smallest absolute Gasteiger partial charge is 0.259 e. The molecule has 1 aliphatic heterocycles. The number of fused-ring (bicyclic) bond motifs is 1. The highest BCUT2D eigenvalue weighted by atomic mass is 35.5. The zero-order valence-corrected chi connectivity index (χ0v) is 15.3. The van der Waals surface area contributed by atoms with E-state index in [1.54, 1.807) is 6.92 Å². The monoisotopic (exact) mass is 358 g/mol. The molecule has 1 aliphatic carbocycles. The lowest BCUT2D eigenvalue weighted by atomic mass is 9.75. The Labute approximate surface area is 153 Å². The molecule has 2 heterocycles. The fourth-order valence-corrected chi connectivity index (χ4v) is 4.63. The third kappa shape index (κ3) is 3.08. The Kier molecular flexibility index (Phi) is 4.55. The molecule has 1 saturated carbocycles. The van der Waals surface area contributed by atoms with Crippen LogP contribution >= 0.6 is 11.6 Å². The predicted octanol–water partition coefficient (Wildman–Crippen LogP) is 4.96. The first kappa shape index (κ1) is 16.6. The Bertz CT molecular complexity index is 786. The number of benzene rings is 1. The van der Waals surface area contributed by atoms with E-state index >= 15 is 0 Å². The van der Waals surface area contributed by atoms with E-state index in [1.165, 1.54) is 25.7 Å². The van der Waals surface area contributed by atoms with Crippen LogP contribution in [0.3, 0.4) is 0 Å². The lowest BCUT2D eigenvalue weighted by Gasteiger charge is -2.41. The molecule has 2 aliphatic rings. The van der Waals surface area contributed by atoms with Gasteiger partial charge >= 0.3 is 0 Å². The minimum absolute atomic E-state index is 0.0256. The van der Waals surface area contributed by atoms with Crippen LogP contribution in [0.25, 0.3) is 11.3 Å². The number of likely N-dealkylation sites (tertiary alicyclic amines) is 1. The minimum atomic E-state index is 0.0256. The molecule has 132 valence electrons. The van der Waals surface area contributed by atoms with Gasteiger partial charge in [0.25, 0.3) is 5.91 Å². The van der Waals surface area contributed by atoms with Crippen LogP contribution in [0.1, 0.15) is 48.2 Å². The van der Waals surface area contributed by atoms with Gasteiger partial charge in [0.05, 0.1) is 5.02 Å². The van der Waals surface area contributed by atoms with Crippen LogP contribution in [0.15, 0.2) is 28.8 Å². The quantitative estimate of drug-likeness (QED) is 0.762. The molecule has 0 bridgehead atoms. The maximum Gasteiger partial charge on any atom is 0.259 e. The van der Waals surface area contributed by atoms with Gasteiger partial charge in [-0.25, -0.2) is 0 Å². The van der Waals surface area contributed by atoms with E-state index in [0.29, 0.717) is 28.0 Å². The SMILES string of the molecule is Cc1onc(-c2ccccc2Cl)c1C(=O)N1CC[C@H]2CCCC[C@H]2C1. The van der Waals surface area contributed by atoms with E-state index in [2.05, 4.69) is 5.16 Å². The molecule has 2 fully saturated rings. The van der Waals surface area contributed by atoms with Crippen molar-refractivity contribution < 1.29 is 9.32 Å². The molecule has 4 nitrogen and oxygen atoms in total. The summed E-state index contributed by atoms with van der Waals surface area (Å²) in [4.78, 5) is 15.2. The number of hydrogen-bond acceptors (Lipinski definition) is 3. The summed E-state index contributed by atoms with van der Waals surface area (Å²) in [7, 11) is 0. The molecule has 0 radical (unpaired) electrons. The molecule has 2 atom stereocenters. The third-order valence-electron chi connectivity index (χ3n) is 5.78. The number of rotatable bonds is 2. The molecular formula is C20H23ClN2O2. The largest absolute Gasteiger partial charge is 0.360 e. The molecule has 1 aromatic heterocycles. The van der Waals surface area contributed by atoms with Gasteiger partial charge in [-0.2, -0.15) is 0 Å². The summed E-state index contributed by atoms with van der Waals surface area (Å²) < 4.78 is 5.37. The lowest BCUT2D eigenvalue weighted by molar-refractivity contribution is 0.0520. The van der Waals surface area contributed by atoms with Gasteiger partial charge in [-0.05, 0) is 37.7 Å². The van der Waals surface area contributed by atoms with Gasteiger partial charge in [0.2, 0.25) is 0 Å². The van der Waals surface area contributed by atoms with Crippen molar-refractivity contribution in [2.45, 2.75) is 39.0 Å². The first-order valence-electron chi connectivity index (χ1n) is 9.15. The zero-order valence-electron chi connectivity index (χ0n) is 14.5. The van der Waals surface area contributed by atoms with Gasteiger partial charge in [-0.15, -0.1) is 0 Å². The van der Waals surface area contributed by atoms with Crippen molar-refractivity contribution in [1.29, 1.82) is 0 Å². The summed E-state index contributed by atoms with van der Waals surface area (Å²) in [6, 6.07) is 7.45. The van der Waals surface area contributed by atoms with Crippen LogP contribution in [-0.2, 0) is 0 Å². The number of carbonyl (C=O) groups is 1. The fraction of sp³-hybridized carbons (Fsp3) is 0.500. The van der Waals surface area contributed by atoms with Crippen molar-refractivity contribution in [3.8, 4) is 11.3 Å². The van der Waals surface area contributed by atoms with Crippen molar-refractivity contribution in [2.75, 3.05) is 13.1 Å². The lowest BCUT2D eigenvalue weighted by Crippen LogP contribution is -2.45. The fourth-order valence-electron chi connectivity index (χ4n) is 4.40. The molecule has 1 amide bonds. The van der Waals surface area contributed by atoms with E-state index in [0.717, 1.165) is 31.0 Å². The highest BCUT2D eigenvalue weighted by Crippen LogP contribution is 2.38. The minimum Gasteiger partial charge on any atom is -0.360 e. The Morgan fingerprint density at radius 2 is 1.96 bits per heavy atom. The first-order valence-corrected chi connectivity index (χ1v) is 9.53. The normalized spacial score (nSPS) is 23.4. The maximum atomic E-state index is 13.2. The number of carbonyl (C=O) groups excluding carboxylic acids is 1. The Morgan fingerprint density at radius 1 is 1.20 bits per heavy atom. The molecule has 1 aromatic carbocycles. The summed E-state index contributed by atoms with van der Waals surface area (Å²) in [6.45, 7) is 3.48. The van der Waals surface area contributed by atoms with Crippen LogP contribution in [0.5, 0.6) is 0 Å². The predicted molar refractivity (Wildman–Crippen MR) is 97.7 cm³/mol. The Hall–Kier alpha value is -1.81. The van der Waals surface area contributed by atoms with Crippen LogP contribution in [-0.4, -0.2) is 29.1 Å². The summed E-state index contributed by atoms with van der Waals surface area (Å²) in [6.07, 6.45) is 6.32. The number of halogens is 1. The van der Waals surface area contributed by atoms with Crippen molar-refractivity contribution >= 4 is 17.5 Å². The van der Waals surface area contributed by atoms with E-state index in [4.69, 9.17) is 16.1 Å². The average Bonchev–Trinajstić information content (AvgIpc) is 3.02. The molecule has 0 spiro atoms. The summed E-state index contributed by atoms with van der Waals surface area (Å²) in [5.74, 6) is 2.03. The van der Waals surface area contributed by atoms with Crippen LogP contribution in [0, 0.1) is 18.8 Å². The average molecular weight is 359 g/mol. The molecule has 0 unspecified atom stereocenters. The molecule has 5 heteroatoms. The molecular weight excluding hydrogens is 336 g/mol. The number of aryl methyl sites for hydroxylation is 1. The van der Waals surface area contributed by atoms with Crippen LogP contribution in [0.2, 0.25) is 5.02 Å². The second kappa shape index (κ2) is 6.83. The number of piperidine rings is 1. The van der Waals surface area contributed by atoms with Crippen molar-refractivity contribution in [1.82, 2.24) is 10.1 Å². The first-order chi connectivity index (χ1) is 12.1. The van der Waals surface area contributed by atoms with Crippen LogP contribution in [0.4, 0.5) is 0 Å². The van der Waals surface area contributed by atoms with Gasteiger partial charge in [0, 0.05) is 18.7 Å². The van der Waals surface area contributed by atoms with E-state index in [9.17, 15) is 4.79 Å². The topological polar surface area (TPSA) is 46.3 Å². The zero-order chi connectivity index (χ0) is 17.4. The van der Waals surface area contributed by atoms with Gasteiger partial charge in [0.1, 0.15) is 17.0 Å². The second-order valence-corrected chi connectivity index (χ2v) is 7.69. The van der Waals surface area contributed by atoms with Gasteiger partial charge in [-0.3, -0.25) is 4.79 Å². The van der Waals surface area contributed by atoms with E-state index in [1.807, 2.05) is 29.2 Å². The Morgan fingerprint density at radius 3 is 2.76 bits per heavy atom. The highest BCUT2D eigenvalue weighted by Gasteiger charge is 2.35. The third-order valence-corrected chi connectivity index (χ3v) is 6.11. The summed E-state index contributed by atoms with van der Waals surface area (Å²) in [5.41, 5.74) is 1.86. The summed E-state index contributed by atoms with van der Waals surface area (Å²) in [5, 5.41) is 4.72. The standard InChI is InChI=1S/C20H23ClN2O2/c1-13-18(19(22-25-13)16-8-4-5-9-17(16)21)20(24)23-11-10-14-6-2-3-7-15(14)12-23/h4-5,8-9,14-15H,2-3,6-7,10-12H2,1H3/t14-,15+/m1/s1. The molecule has 2 aromatic rings. The van der Waals surface area contributed by atoms with E-state index < -0.39 is 0 Å². The number of hydrogen-bond donors (Lipinski definition) is 0. The van der Waals surface area contributed by atoms with Gasteiger partial charge in [0.15, 0.2) is 0 Å². The molecule has 0 N–H and O–H groups in total. The van der Waals surface area contributed by atoms with Crippen molar-refractivity contribution in [2.24, 2.45) is 11.8 Å².